The van der Waals surface area contributed by atoms with Crippen LogP contribution in [0, 0.1) is 0 Å². The first-order valence-electron chi connectivity index (χ1n) is 7.65. The Morgan fingerprint density at radius 1 is 1.05 bits per heavy atom. The third kappa shape index (κ3) is 2.50. The summed E-state index contributed by atoms with van der Waals surface area (Å²) in [5.41, 5.74) is 1.12. The lowest BCUT2D eigenvalue weighted by Gasteiger charge is -2.32. The Morgan fingerprint density at radius 2 is 1.86 bits per heavy atom. The maximum absolute atomic E-state index is 6.22. The number of nitrogens with one attached hydrogen (secondary N) is 1. The summed E-state index contributed by atoms with van der Waals surface area (Å²) in [6, 6.07) is 10.1. The summed E-state index contributed by atoms with van der Waals surface area (Å²) in [5.74, 6) is 1.78. The second-order valence-corrected chi connectivity index (χ2v) is 5.55. The second-order valence-electron chi connectivity index (χ2n) is 5.55. The maximum Gasteiger partial charge on any atom is 0.225 e. The van der Waals surface area contributed by atoms with Crippen molar-refractivity contribution >= 4 is 16.9 Å². The number of rotatable bonds is 3. The van der Waals surface area contributed by atoms with Crippen LogP contribution in [-0.2, 0) is 0 Å². The van der Waals surface area contributed by atoms with Crippen LogP contribution in [0.2, 0.25) is 0 Å². The fourth-order valence-corrected chi connectivity index (χ4v) is 2.97. The summed E-state index contributed by atoms with van der Waals surface area (Å²) in [7, 11) is 0. The molecule has 1 fully saturated rings. The highest BCUT2D eigenvalue weighted by atomic mass is 16.5. The molecule has 1 aliphatic heterocycles. The maximum atomic E-state index is 6.22. The Kier molecular flexibility index (Phi) is 3.39. The topological polar surface area (TPSA) is 54.0 Å². The van der Waals surface area contributed by atoms with Crippen molar-refractivity contribution in [1.29, 1.82) is 0 Å². The molecule has 0 spiro atoms. The number of benzene rings is 1. The van der Waals surface area contributed by atoms with Gasteiger partial charge in [0.1, 0.15) is 11.9 Å². The SMILES string of the molecule is c1cnc(N2CCC(Oc3cccc4[nH]ccc34)CC2)nc1. The highest BCUT2D eigenvalue weighted by molar-refractivity contribution is 5.85. The predicted octanol–water partition coefficient (Wildman–Crippen LogP) is 3.01. The van der Waals surface area contributed by atoms with Gasteiger partial charge < -0.3 is 14.6 Å². The third-order valence-corrected chi connectivity index (χ3v) is 4.13. The molecule has 5 heteroatoms. The number of hydrogen-bond acceptors (Lipinski definition) is 4. The Morgan fingerprint density at radius 3 is 2.68 bits per heavy atom. The monoisotopic (exact) mass is 294 g/mol. The predicted molar refractivity (Wildman–Crippen MR) is 86.2 cm³/mol. The molecule has 1 aromatic carbocycles. The van der Waals surface area contributed by atoms with Crippen molar-refractivity contribution in [2.45, 2.75) is 18.9 Å². The van der Waals surface area contributed by atoms with E-state index in [2.05, 4.69) is 32.0 Å². The molecule has 1 saturated heterocycles. The van der Waals surface area contributed by atoms with E-state index in [1.165, 1.54) is 0 Å². The van der Waals surface area contributed by atoms with E-state index >= 15 is 0 Å². The first kappa shape index (κ1) is 13.1. The van der Waals surface area contributed by atoms with Gasteiger partial charge in [-0.1, -0.05) is 6.07 Å². The molecule has 0 saturated carbocycles. The Balaban J connectivity index is 1.43. The van der Waals surface area contributed by atoms with E-state index in [9.17, 15) is 0 Å². The zero-order chi connectivity index (χ0) is 14.8. The van der Waals surface area contributed by atoms with Gasteiger partial charge in [-0.2, -0.15) is 0 Å². The molecule has 0 atom stereocenters. The normalized spacial score (nSPS) is 16.1. The standard InChI is InChI=1S/C17H18N4O/c1-3-15-14(5-10-18-15)16(4-1)22-13-6-11-21(12-7-13)17-19-8-2-9-20-17/h1-5,8-10,13,18H,6-7,11-12H2. The number of ether oxygens (including phenoxy) is 1. The van der Waals surface area contributed by atoms with Crippen molar-refractivity contribution in [1.82, 2.24) is 15.0 Å². The summed E-state index contributed by atoms with van der Waals surface area (Å²) in [4.78, 5) is 14.1. The van der Waals surface area contributed by atoms with E-state index in [0.717, 1.165) is 48.5 Å². The molecule has 0 unspecified atom stereocenters. The van der Waals surface area contributed by atoms with Gasteiger partial charge in [-0.3, -0.25) is 0 Å². The fourth-order valence-electron chi connectivity index (χ4n) is 2.97. The number of H-pyrrole nitrogens is 1. The van der Waals surface area contributed by atoms with Crippen LogP contribution in [0.15, 0.2) is 48.9 Å². The van der Waals surface area contributed by atoms with Gasteiger partial charge >= 0.3 is 0 Å². The molecule has 1 aliphatic rings. The van der Waals surface area contributed by atoms with Crippen molar-refractivity contribution in [3.8, 4) is 5.75 Å². The number of aromatic amines is 1. The molecule has 112 valence electrons. The Bertz CT molecular complexity index is 747. The molecular formula is C17H18N4O. The fraction of sp³-hybridized carbons (Fsp3) is 0.294. The molecule has 2 aromatic heterocycles. The molecule has 0 bridgehead atoms. The molecule has 4 rings (SSSR count). The minimum Gasteiger partial charge on any atom is -0.490 e. The summed E-state index contributed by atoms with van der Waals surface area (Å²) in [5, 5.41) is 1.15. The lowest BCUT2D eigenvalue weighted by molar-refractivity contribution is 0.172. The quantitative estimate of drug-likeness (QED) is 0.807. The Labute approximate surface area is 129 Å². The van der Waals surface area contributed by atoms with Gasteiger partial charge in [0, 0.05) is 55.4 Å². The lowest BCUT2D eigenvalue weighted by Crippen LogP contribution is -2.39. The molecule has 3 aromatic rings. The van der Waals surface area contributed by atoms with Crippen molar-refractivity contribution in [3.05, 3.63) is 48.9 Å². The average molecular weight is 294 g/mol. The minimum absolute atomic E-state index is 0.250. The summed E-state index contributed by atoms with van der Waals surface area (Å²) in [6.07, 6.45) is 7.75. The van der Waals surface area contributed by atoms with Gasteiger partial charge in [0.05, 0.1) is 0 Å². The number of piperidine rings is 1. The second kappa shape index (κ2) is 5.67. The molecule has 5 nitrogen and oxygen atoms in total. The average Bonchev–Trinajstić information content (AvgIpc) is 3.06. The van der Waals surface area contributed by atoms with Crippen LogP contribution >= 0.6 is 0 Å². The largest absolute Gasteiger partial charge is 0.490 e. The molecule has 22 heavy (non-hydrogen) atoms. The van der Waals surface area contributed by atoms with Crippen LogP contribution in [0.4, 0.5) is 5.95 Å². The van der Waals surface area contributed by atoms with Gasteiger partial charge in [0.15, 0.2) is 0 Å². The van der Waals surface area contributed by atoms with Gasteiger partial charge in [0.25, 0.3) is 0 Å². The van der Waals surface area contributed by atoms with E-state index < -0.39 is 0 Å². The Hall–Kier alpha value is -2.56. The molecule has 0 aliphatic carbocycles. The van der Waals surface area contributed by atoms with Crippen LogP contribution in [0.5, 0.6) is 5.75 Å². The molecule has 0 amide bonds. The van der Waals surface area contributed by atoms with Crippen molar-refractivity contribution in [2.24, 2.45) is 0 Å². The summed E-state index contributed by atoms with van der Waals surface area (Å²) in [6.45, 7) is 1.86. The van der Waals surface area contributed by atoms with Crippen molar-refractivity contribution in [3.63, 3.8) is 0 Å². The number of hydrogen-bond donors (Lipinski definition) is 1. The molecule has 0 radical (unpaired) electrons. The smallest absolute Gasteiger partial charge is 0.225 e. The van der Waals surface area contributed by atoms with Crippen LogP contribution < -0.4 is 9.64 Å². The van der Waals surface area contributed by atoms with E-state index in [-0.39, 0.29) is 6.10 Å². The first-order valence-corrected chi connectivity index (χ1v) is 7.65. The van der Waals surface area contributed by atoms with E-state index in [0.29, 0.717) is 0 Å². The van der Waals surface area contributed by atoms with Gasteiger partial charge in [-0.25, -0.2) is 9.97 Å². The molecule has 1 N–H and O–H groups in total. The van der Waals surface area contributed by atoms with Crippen LogP contribution in [0.3, 0.4) is 0 Å². The number of nitrogens with zero attached hydrogens (tertiary/aromatic N) is 3. The van der Waals surface area contributed by atoms with E-state index in [4.69, 9.17) is 4.74 Å². The van der Waals surface area contributed by atoms with Crippen LogP contribution in [0.1, 0.15) is 12.8 Å². The zero-order valence-electron chi connectivity index (χ0n) is 12.3. The molecular weight excluding hydrogens is 276 g/mol. The van der Waals surface area contributed by atoms with Crippen molar-refractivity contribution < 1.29 is 4.74 Å². The summed E-state index contributed by atoms with van der Waals surface area (Å²) >= 11 is 0. The minimum atomic E-state index is 0.250. The first-order chi connectivity index (χ1) is 10.9. The molecule has 3 heterocycles. The summed E-state index contributed by atoms with van der Waals surface area (Å²) < 4.78 is 6.22. The number of aromatic nitrogens is 3. The van der Waals surface area contributed by atoms with Crippen molar-refractivity contribution in [2.75, 3.05) is 18.0 Å². The number of anilines is 1. The van der Waals surface area contributed by atoms with Gasteiger partial charge in [0.2, 0.25) is 5.95 Å². The highest BCUT2D eigenvalue weighted by Crippen LogP contribution is 2.28. The van der Waals surface area contributed by atoms with Crippen LogP contribution in [-0.4, -0.2) is 34.1 Å². The van der Waals surface area contributed by atoms with E-state index in [1.54, 1.807) is 12.4 Å². The van der Waals surface area contributed by atoms with E-state index in [1.807, 2.05) is 24.4 Å². The van der Waals surface area contributed by atoms with Crippen LogP contribution in [0.25, 0.3) is 10.9 Å². The lowest BCUT2D eigenvalue weighted by atomic mass is 10.1. The number of fused-ring (bicyclic) bond motifs is 1. The van der Waals surface area contributed by atoms with Gasteiger partial charge in [-0.05, 0) is 24.3 Å². The third-order valence-electron chi connectivity index (χ3n) is 4.13. The zero-order valence-corrected chi connectivity index (χ0v) is 12.3. The highest BCUT2D eigenvalue weighted by Gasteiger charge is 2.22. The van der Waals surface area contributed by atoms with Gasteiger partial charge in [-0.15, -0.1) is 0 Å².